The molecule has 0 bridgehead atoms. The number of nitrogens with zero attached hydrogens (tertiary/aromatic N) is 2. The van der Waals surface area contributed by atoms with Gasteiger partial charge in [-0.2, -0.15) is 0 Å². The van der Waals surface area contributed by atoms with Gasteiger partial charge in [0.05, 0.1) is 29.1 Å². The second-order valence-electron chi connectivity index (χ2n) is 3.27. The summed E-state index contributed by atoms with van der Waals surface area (Å²) < 4.78 is 0. The summed E-state index contributed by atoms with van der Waals surface area (Å²) in [6.07, 6.45) is 3.31. The Hall–Kier alpha value is -1.81. The monoisotopic (exact) mass is 234 g/mol. The smallest absolute Gasteiger partial charge is 0.145 e. The van der Waals surface area contributed by atoms with E-state index >= 15 is 0 Å². The standard InChI is InChI=1S/C11H11ClN4/c12-10-5-8(13)6-15-11(10)16-7-9-3-1-2-4-14-9/h1-6H,7,13H2,(H,15,16). The minimum Gasteiger partial charge on any atom is -0.397 e. The zero-order chi connectivity index (χ0) is 11.4. The summed E-state index contributed by atoms with van der Waals surface area (Å²) in [4.78, 5) is 8.28. The molecule has 5 heteroatoms. The number of nitrogen functional groups attached to an aromatic ring is 1. The van der Waals surface area contributed by atoms with Crippen LogP contribution in [0.5, 0.6) is 0 Å². The fourth-order valence-corrected chi connectivity index (χ4v) is 1.50. The van der Waals surface area contributed by atoms with Gasteiger partial charge in [-0.15, -0.1) is 0 Å². The Balaban J connectivity index is 2.05. The van der Waals surface area contributed by atoms with E-state index in [4.69, 9.17) is 17.3 Å². The molecular weight excluding hydrogens is 224 g/mol. The highest BCUT2D eigenvalue weighted by Gasteiger charge is 2.01. The van der Waals surface area contributed by atoms with Crippen LogP contribution in [0.25, 0.3) is 0 Å². The van der Waals surface area contributed by atoms with Crippen LogP contribution in [0.2, 0.25) is 5.02 Å². The van der Waals surface area contributed by atoms with Gasteiger partial charge in [-0.3, -0.25) is 4.98 Å². The molecule has 3 N–H and O–H groups in total. The highest BCUT2D eigenvalue weighted by molar-refractivity contribution is 6.33. The van der Waals surface area contributed by atoms with E-state index in [9.17, 15) is 0 Å². The molecule has 4 nitrogen and oxygen atoms in total. The lowest BCUT2D eigenvalue weighted by molar-refractivity contribution is 1.03. The van der Waals surface area contributed by atoms with Crippen molar-refractivity contribution in [1.29, 1.82) is 0 Å². The maximum atomic E-state index is 5.97. The first-order valence-electron chi connectivity index (χ1n) is 4.80. The number of nitrogens with one attached hydrogen (secondary N) is 1. The molecule has 0 fully saturated rings. The van der Waals surface area contributed by atoms with Crippen molar-refractivity contribution in [1.82, 2.24) is 9.97 Å². The number of hydrogen-bond acceptors (Lipinski definition) is 4. The van der Waals surface area contributed by atoms with E-state index < -0.39 is 0 Å². The summed E-state index contributed by atoms with van der Waals surface area (Å²) in [5.74, 6) is 0.613. The number of aromatic nitrogens is 2. The lowest BCUT2D eigenvalue weighted by Gasteiger charge is -2.06. The average molecular weight is 235 g/mol. The van der Waals surface area contributed by atoms with Gasteiger partial charge in [0.2, 0.25) is 0 Å². The quantitative estimate of drug-likeness (QED) is 0.856. The Morgan fingerprint density at radius 2 is 2.19 bits per heavy atom. The molecule has 2 rings (SSSR count). The molecule has 0 radical (unpaired) electrons. The van der Waals surface area contributed by atoms with E-state index in [-0.39, 0.29) is 0 Å². The average Bonchev–Trinajstić information content (AvgIpc) is 2.29. The number of rotatable bonds is 3. The normalized spacial score (nSPS) is 10.1. The number of nitrogens with two attached hydrogens (primary N) is 1. The zero-order valence-electron chi connectivity index (χ0n) is 8.52. The van der Waals surface area contributed by atoms with Crippen molar-refractivity contribution in [2.24, 2.45) is 0 Å². The van der Waals surface area contributed by atoms with Crippen LogP contribution in [0.4, 0.5) is 11.5 Å². The van der Waals surface area contributed by atoms with Crippen molar-refractivity contribution in [3.63, 3.8) is 0 Å². The molecule has 0 spiro atoms. The number of halogens is 1. The molecule has 0 aliphatic rings. The van der Waals surface area contributed by atoms with Gasteiger partial charge in [0, 0.05) is 6.20 Å². The Bertz CT molecular complexity index is 473. The highest BCUT2D eigenvalue weighted by Crippen LogP contribution is 2.21. The van der Waals surface area contributed by atoms with Crippen molar-refractivity contribution in [3.8, 4) is 0 Å². The highest BCUT2D eigenvalue weighted by atomic mass is 35.5. The topological polar surface area (TPSA) is 63.8 Å². The molecule has 2 heterocycles. The van der Waals surface area contributed by atoms with Crippen LogP contribution in [0.3, 0.4) is 0 Å². The zero-order valence-corrected chi connectivity index (χ0v) is 9.28. The molecule has 0 aromatic carbocycles. The minimum absolute atomic E-state index is 0.510. The first-order chi connectivity index (χ1) is 7.75. The van der Waals surface area contributed by atoms with Gasteiger partial charge in [0.15, 0.2) is 0 Å². The van der Waals surface area contributed by atoms with Crippen LogP contribution in [0.1, 0.15) is 5.69 Å². The number of pyridine rings is 2. The first-order valence-corrected chi connectivity index (χ1v) is 5.18. The van der Waals surface area contributed by atoms with Crippen molar-refractivity contribution in [2.45, 2.75) is 6.54 Å². The maximum absolute atomic E-state index is 5.97. The third kappa shape index (κ3) is 2.61. The van der Waals surface area contributed by atoms with Gasteiger partial charge in [-0.25, -0.2) is 4.98 Å². The fraction of sp³-hybridized carbons (Fsp3) is 0.0909. The molecule has 82 valence electrons. The third-order valence-electron chi connectivity index (χ3n) is 2.03. The van der Waals surface area contributed by atoms with Crippen molar-refractivity contribution < 1.29 is 0 Å². The van der Waals surface area contributed by atoms with E-state index in [0.29, 0.717) is 23.1 Å². The summed E-state index contributed by atoms with van der Waals surface area (Å²) >= 11 is 5.97. The van der Waals surface area contributed by atoms with Gasteiger partial charge >= 0.3 is 0 Å². The molecule has 0 unspecified atom stereocenters. The molecule has 0 atom stereocenters. The largest absolute Gasteiger partial charge is 0.397 e. The van der Waals surface area contributed by atoms with E-state index in [1.54, 1.807) is 18.5 Å². The van der Waals surface area contributed by atoms with Gasteiger partial charge in [-0.05, 0) is 18.2 Å². The maximum Gasteiger partial charge on any atom is 0.145 e. The number of anilines is 2. The first kappa shape index (κ1) is 10.7. The second-order valence-corrected chi connectivity index (χ2v) is 3.68. The summed E-state index contributed by atoms with van der Waals surface area (Å²) in [7, 11) is 0. The molecule has 0 saturated heterocycles. The van der Waals surface area contributed by atoms with E-state index in [0.717, 1.165) is 5.69 Å². The molecule has 2 aromatic rings. The van der Waals surface area contributed by atoms with Crippen LogP contribution >= 0.6 is 11.6 Å². The van der Waals surface area contributed by atoms with Crippen LogP contribution in [-0.2, 0) is 6.54 Å². The Labute approximate surface area is 98.5 Å². The molecule has 0 amide bonds. The van der Waals surface area contributed by atoms with Crippen LogP contribution in [0.15, 0.2) is 36.7 Å². The van der Waals surface area contributed by atoms with Gasteiger partial charge in [-0.1, -0.05) is 17.7 Å². The summed E-state index contributed by atoms with van der Waals surface area (Å²) in [6.45, 7) is 0.581. The van der Waals surface area contributed by atoms with E-state index in [2.05, 4.69) is 15.3 Å². The number of hydrogen-bond donors (Lipinski definition) is 2. The van der Waals surface area contributed by atoms with Crippen molar-refractivity contribution in [3.05, 3.63) is 47.4 Å². The Kier molecular flexibility index (Phi) is 3.22. The molecular formula is C11H11ClN4. The van der Waals surface area contributed by atoms with Crippen LogP contribution in [-0.4, -0.2) is 9.97 Å². The van der Waals surface area contributed by atoms with Gasteiger partial charge < -0.3 is 11.1 Å². The predicted octanol–water partition coefficient (Wildman–Crippen LogP) is 2.32. The van der Waals surface area contributed by atoms with E-state index in [1.807, 2.05) is 18.2 Å². The minimum atomic E-state index is 0.510. The Morgan fingerprint density at radius 3 is 2.88 bits per heavy atom. The molecule has 0 saturated carbocycles. The van der Waals surface area contributed by atoms with Gasteiger partial charge in [0.1, 0.15) is 5.82 Å². The van der Waals surface area contributed by atoms with Gasteiger partial charge in [0.25, 0.3) is 0 Å². The fourth-order valence-electron chi connectivity index (χ4n) is 1.26. The molecule has 16 heavy (non-hydrogen) atoms. The lowest BCUT2D eigenvalue weighted by atomic mass is 10.3. The molecule has 0 aliphatic carbocycles. The second kappa shape index (κ2) is 4.81. The summed E-state index contributed by atoms with van der Waals surface area (Å²) in [6, 6.07) is 7.40. The molecule has 0 aliphatic heterocycles. The third-order valence-corrected chi connectivity index (χ3v) is 2.31. The van der Waals surface area contributed by atoms with Crippen molar-refractivity contribution >= 4 is 23.1 Å². The predicted molar refractivity (Wildman–Crippen MR) is 65.2 cm³/mol. The van der Waals surface area contributed by atoms with Crippen LogP contribution in [0, 0.1) is 0 Å². The SMILES string of the molecule is Nc1cnc(NCc2ccccn2)c(Cl)c1. The summed E-state index contributed by atoms with van der Waals surface area (Å²) in [5.41, 5.74) is 7.03. The van der Waals surface area contributed by atoms with Crippen LogP contribution < -0.4 is 11.1 Å². The lowest BCUT2D eigenvalue weighted by Crippen LogP contribution is -2.03. The van der Waals surface area contributed by atoms with Crippen molar-refractivity contribution in [2.75, 3.05) is 11.1 Å². The van der Waals surface area contributed by atoms with E-state index in [1.165, 1.54) is 0 Å². The Morgan fingerprint density at radius 1 is 1.31 bits per heavy atom. The summed E-state index contributed by atoms with van der Waals surface area (Å²) in [5, 5.41) is 3.61. The molecule has 2 aromatic heterocycles.